The summed E-state index contributed by atoms with van der Waals surface area (Å²) >= 11 is 0. The maximum absolute atomic E-state index is 13.1. The van der Waals surface area contributed by atoms with E-state index in [1.165, 1.54) is 11.6 Å². The molecule has 0 aliphatic carbocycles. The molecule has 0 bridgehead atoms. The van der Waals surface area contributed by atoms with Crippen LogP contribution in [0.25, 0.3) is 0 Å². The van der Waals surface area contributed by atoms with Gasteiger partial charge < -0.3 is 4.74 Å². The molecule has 0 N–H and O–H groups in total. The maximum Gasteiger partial charge on any atom is 0.123 e. The van der Waals surface area contributed by atoms with Crippen molar-refractivity contribution in [3.63, 3.8) is 0 Å². The van der Waals surface area contributed by atoms with Crippen molar-refractivity contribution in [1.82, 2.24) is 4.90 Å². The van der Waals surface area contributed by atoms with E-state index >= 15 is 0 Å². The van der Waals surface area contributed by atoms with Crippen molar-refractivity contribution in [3.05, 3.63) is 65.0 Å². The van der Waals surface area contributed by atoms with Gasteiger partial charge in [0, 0.05) is 13.1 Å². The second-order valence-corrected chi connectivity index (χ2v) is 5.11. The van der Waals surface area contributed by atoms with Gasteiger partial charge in [0.2, 0.25) is 0 Å². The molecule has 0 fully saturated rings. The number of aryl methyl sites for hydroxylation is 1. The van der Waals surface area contributed by atoms with Gasteiger partial charge in [-0.1, -0.05) is 24.3 Å². The van der Waals surface area contributed by atoms with Crippen molar-refractivity contribution in [2.75, 3.05) is 14.2 Å². The highest BCUT2D eigenvalue weighted by molar-refractivity contribution is 5.36. The lowest BCUT2D eigenvalue weighted by molar-refractivity contribution is 0.318. The van der Waals surface area contributed by atoms with Crippen molar-refractivity contribution in [3.8, 4) is 5.75 Å². The lowest BCUT2D eigenvalue weighted by Crippen LogP contribution is -2.17. The molecule has 0 aromatic heterocycles. The molecule has 2 rings (SSSR count). The fourth-order valence-electron chi connectivity index (χ4n) is 2.35. The van der Waals surface area contributed by atoms with Crippen LogP contribution in [-0.2, 0) is 13.1 Å². The first-order valence-corrected chi connectivity index (χ1v) is 6.65. The number of halogens is 1. The Morgan fingerprint density at radius 3 is 2.35 bits per heavy atom. The minimum Gasteiger partial charge on any atom is -0.496 e. The topological polar surface area (TPSA) is 12.5 Å². The Morgan fingerprint density at radius 1 is 1.05 bits per heavy atom. The summed E-state index contributed by atoms with van der Waals surface area (Å²) < 4.78 is 18.4. The molecule has 0 spiro atoms. The quantitative estimate of drug-likeness (QED) is 0.822. The van der Waals surface area contributed by atoms with Gasteiger partial charge in [0.15, 0.2) is 0 Å². The summed E-state index contributed by atoms with van der Waals surface area (Å²) in [5, 5.41) is 0. The van der Waals surface area contributed by atoms with Crippen LogP contribution in [0.4, 0.5) is 4.39 Å². The van der Waals surface area contributed by atoms with Crippen LogP contribution in [0, 0.1) is 12.7 Å². The third-order valence-electron chi connectivity index (χ3n) is 3.25. The number of benzene rings is 2. The molecule has 0 amide bonds. The largest absolute Gasteiger partial charge is 0.496 e. The number of hydrogen-bond donors (Lipinski definition) is 0. The Bertz CT molecular complexity index is 583. The summed E-state index contributed by atoms with van der Waals surface area (Å²) in [6, 6.07) is 12.9. The molecule has 0 heterocycles. The Hall–Kier alpha value is -1.87. The SMILES string of the molecule is COc1ccc(CN(C)Cc2cccc(F)c2)cc1C. The van der Waals surface area contributed by atoms with Crippen LogP contribution in [0.2, 0.25) is 0 Å². The van der Waals surface area contributed by atoms with Crippen molar-refractivity contribution in [2.45, 2.75) is 20.0 Å². The van der Waals surface area contributed by atoms with Crippen molar-refractivity contribution in [2.24, 2.45) is 0 Å². The Labute approximate surface area is 119 Å². The van der Waals surface area contributed by atoms with E-state index in [0.29, 0.717) is 0 Å². The molecular formula is C17H20FNO. The number of ether oxygens (including phenoxy) is 1. The molecule has 106 valence electrons. The zero-order valence-corrected chi connectivity index (χ0v) is 12.2. The summed E-state index contributed by atoms with van der Waals surface area (Å²) in [6.45, 7) is 3.58. The Kier molecular flexibility index (Phi) is 4.74. The van der Waals surface area contributed by atoms with Crippen LogP contribution in [0.3, 0.4) is 0 Å². The summed E-state index contributed by atoms with van der Waals surface area (Å²) in [5.41, 5.74) is 3.34. The van der Waals surface area contributed by atoms with E-state index in [9.17, 15) is 4.39 Å². The first-order valence-electron chi connectivity index (χ1n) is 6.65. The summed E-state index contributed by atoms with van der Waals surface area (Å²) in [7, 11) is 3.71. The zero-order chi connectivity index (χ0) is 14.5. The van der Waals surface area contributed by atoms with Gasteiger partial charge in [-0.15, -0.1) is 0 Å². The monoisotopic (exact) mass is 273 g/mol. The predicted octanol–water partition coefficient (Wildman–Crippen LogP) is 3.77. The standard InChI is InChI=1S/C17H20FNO/c1-13-9-15(7-8-17(13)20-3)12-19(2)11-14-5-4-6-16(18)10-14/h4-10H,11-12H2,1-3H3. The van der Waals surface area contributed by atoms with Gasteiger partial charge in [0.05, 0.1) is 7.11 Å². The molecule has 0 atom stereocenters. The summed E-state index contributed by atoms with van der Waals surface area (Å²) in [5.74, 6) is 0.720. The van der Waals surface area contributed by atoms with E-state index in [2.05, 4.69) is 17.0 Å². The van der Waals surface area contributed by atoms with Gasteiger partial charge in [-0.2, -0.15) is 0 Å². The molecule has 0 saturated heterocycles. The average Bonchev–Trinajstić information content (AvgIpc) is 2.38. The number of rotatable bonds is 5. The van der Waals surface area contributed by atoms with Crippen LogP contribution in [-0.4, -0.2) is 19.1 Å². The first kappa shape index (κ1) is 14.5. The normalized spacial score (nSPS) is 10.8. The summed E-state index contributed by atoms with van der Waals surface area (Å²) in [4.78, 5) is 2.16. The molecule has 0 aliphatic heterocycles. The minimum absolute atomic E-state index is 0.184. The highest BCUT2D eigenvalue weighted by Crippen LogP contribution is 2.19. The third-order valence-corrected chi connectivity index (χ3v) is 3.25. The van der Waals surface area contributed by atoms with Crippen LogP contribution < -0.4 is 4.74 Å². The van der Waals surface area contributed by atoms with Gasteiger partial charge in [-0.05, 0) is 48.9 Å². The number of nitrogens with zero attached hydrogens (tertiary/aromatic N) is 1. The van der Waals surface area contributed by atoms with E-state index < -0.39 is 0 Å². The molecule has 20 heavy (non-hydrogen) atoms. The molecule has 2 aromatic carbocycles. The lowest BCUT2D eigenvalue weighted by atomic mass is 10.1. The fraction of sp³-hybridized carbons (Fsp3) is 0.294. The van der Waals surface area contributed by atoms with Crippen LogP contribution in [0.1, 0.15) is 16.7 Å². The summed E-state index contributed by atoms with van der Waals surface area (Å²) in [6.07, 6.45) is 0. The number of methoxy groups -OCH3 is 1. The van der Waals surface area contributed by atoms with Crippen LogP contribution in [0.15, 0.2) is 42.5 Å². The van der Waals surface area contributed by atoms with Crippen molar-refractivity contribution < 1.29 is 9.13 Å². The van der Waals surface area contributed by atoms with Gasteiger partial charge in [-0.25, -0.2) is 4.39 Å². The molecular weight excluding hydrogens is 253 g/mol. The average molecular weight is 273 g/mol. The molecule has 0 saturated carbocycles. The molecule has 0 radical (unpaired) electrons. The van der Waals surface area contributed by atoms with E-state index in [0.717, 1.165) is 30.0 Å². The molecule has 2 aromatic rings. The van der Waals surface area contributed by atoms with Crippen molar-refractivity contribution >= 4 is 0 Å². The van der Waals surface area contributed by atoms with E-state index in [1.807, 2.05) is 26.1 Å². The van der Waals surface area contributed by atoms with E-state index in [-0.39, 0.29) is 5.82 Å². The van der Waals surface area contributed by atoms with Crippen molar-refractivity contribution in [1.29, 1.82) is 0 Å². The molecule has 2 nitrogen and oxygen atoms in total. The van der Waals surface area contributed by atoms with Gasteiger partial charge in [-0.3, -0.25) is 4.90 Å². The van der Waals surface area contributed by atoms with Crippen LogP contribution in [0.5, 0.6) is 5.75 Å². The third kappa shape index (κ3) is 3.81. The fourth-order valence-corrected chi connectivity index (χ4v) is 2.35. The zero-order valence-electron chi connectivity index (χ0n) is 12.2. The molecule has 0 unspecified atom stereocenters. The number of hydrogen-bond acceptors (Lipinski definition) is 2. The second-order valence-electron chi connectivity index (χ2n) is 5.11. The lowest BCUT2D eigenvalue weighted by Gasteiger charge is -2.17. The van der Waals surface area contributed by atoms with Gasteiger partial charge in [0.1, 0.15) is 11.6 Å². The molecule has 3 heteroatoms. The minimum atomic E-state index is -0.184. The Morgan fingerprint density at radius 2 is 1.75 bits per heavy atom. The van der Waals surface area contributed by atoms with Gasteiger partial charge in [0.25, 0.3) is 0 Å². The Balaban J connectivity index is 2.01. The van der Waals surface area contributed by atoms with Crippen LogP contribution >= 0.6 is 0 Å². The predicted molar refractivity (Wildman–Crippen MR) is 79.3 cm³/mol. The smallest absolute Gasteiger partial charge is 0.123 e. The van der Waals surface area contributed by atoms with E-state index in [4.69, 9.17) is 4.74 Å². The highest BCUT2D eigenvalue weighted by atomic mass is 19.1. The first-order chi connectivity index (χ1) is 9.58. The maximum atomic E-state index is 13.1. The van der Waals surface area contributed by atoms with Gasteiger partial charge >= 0.3 is 0 Å². The second kappa shape index (κ2) is 6.53. The molecule has 0 aliphatic rings. The van der Waals surface area contributed by atoms with E-state index in [1.54, 1.807) is 19.2 Å². The highest BCUT2D eigenvalue weighted by Gasteiger charge is 2.05.